The summed E-state index contributed by atoms with van der Waals surface area (Å²) in [4.78, 5) is 0. The van der Waals surface area contributed by atoms with Gasteiger partial charge in [-0.05, 0) is 25.2 Å². The molecule has 1 heterocycles. The van der Waals surface area contributed by atoms with Crippen LogP contribution in [0.15, 0.2) is 0 Å². The average Bonchev–Trinajstić information content (AvgIpc) is 2.18. The van der Waals surface area contributed by atoms with E-state index in [-0.39, 0.29) is 23.8 Å². The van der Waals surface area contributed by atoms with Crippen molar-refractivity contribution in [2.75, 3.05) is 0 Å². The second kappa shape index (κ2) is 4.54. The van der Waals surface area contributed by atoms with E-state index < -0.39 is 17.6 Å². The molecule has 1 saturated carbocycles. The standard InChI is InChI=1S/C10H14Cl2F3N/c11-6-3-1-2-5-7(12)4-8(10(13,14)15)16-9(5)6/h5-9,16H,1-4H2. The normalized spacial score (nSPS) is 45.2. The van der Waals surface area contributed by atoms with Crippen molar-refractivity contribution in [3.8, 4) is 0 Å². The third-order valence-electron chi connectivity index (χ3n) is 3.58. The lowest BCUT2D eigenvalue weighted by atomic mass is 9.77. The number of rotatable bonds is 0. The zero-order valence-corrected chi connectivity index (χ0v) is 10.1. The van der Waals surface area contributed by atoms with Gasteiger partial charge in [0.15, 0.2) is 0 Å². The Hall–Kier alpha value is 0.330. The van der Waals surface area contributed by atoms with Crippen LogP contribution in [-0.4, -0.2) is 29.0 Å². The van der Waals surface area contributed by atoms with E-state index in [1.165, 1.54) is 0 Å². The van der Waals surface area contributed by atoms with Crippen LogP contribution in [0.4, 0.5) is 13.2 Å². The lowest BCUT2D eigenvalue weighted by molar-refractivity contribution is -0.166. The molecule has 1 saturated heterocycles. The predicted molar refractivity (Wildman–Crippen MR) is 58.0 cm³/mol. The summed E-state index contributed by atoms with van der Waals surface area (Å²) in [5.41, 5.74) is 0. The second-order valence-electron chi connectivity index (χ2n) is 4.65. The first-order chi connectivity index (χ1) is 7.39. The van der Waals surface area contributed by atoms with E-state index >= 15 is 0 Å². The zero-order valence-electron chi connectivity index (χ0n) is 8.61. The Morgan fingerprint density at radius 1 is 1.06 bits per heavy atom. The number of hydrogen-bond donors (Lipinski definition) is 1. The van der Waals surface area contributed by atoms with E-state index in [9.17, 15) is 13.2 Å². The topological polar surface area (TPSA) is 12.0 Å². The quantitative estimate of drug-likeness (QED) is 0.669. The summed E-state index contributed by atoms with van der Waals surface area (Å²) in [6, 6.07) is -1.80. The Labute approximate surface area is 103 Å². The van der Waals surface area contributed by atoms with Gasteiger partial charge in [0.05, 0.1) is 0 Å². The number of halogens is 5. The number of piperidine rings is 1. The maximum Gasteiger partial charge on any atom is 0.403 e. The van der Waals surface area contributed by atoms with Gasteiger partial charge in [0.1, 0.15) is 6.04 Å². The third kappa shape index (κ3) is 2.44. The Morgan fingerprint density at radius 3 is 2.38 bits per heavy atom. The van der Waals surface area contributed by atoms with Gasteiger partial charge < -0.3 is 5.32 Å². The molecule has 1 nitrogen and oxygen atoms in total. The number of nitrogens with one attached hydrogen (secondary N) is 1. The molecule has 1 aliphatic heterocycles. The van der Waals surface area contributed by atoms with E-state index in [4.69, 9.17) is 23.2 Å². The predicted octanol–water partition coefficient (Wildman–Crippen LogP) is 3.29. The Kier molecular flexibility index (Phi) is 3.63. The molecule has 0 aromatic heterocycles. The molecular formula is C10H14Cl2F3N. The average molecular weight is 276 g/mol. The Bertz CT molecular complexity index is 259. The highest BCUT2D eigenvalue weighted by molar-refractivity contribution is 6.22. The molecule has 0 aromatic rings. The van der Waals surface area contributed by atoms with Crippen molar-refractivity contribution >= 4 is 23.2 Å². The van der Waals surface area contributed by atoms with Crippen molar-refractivity contribution in [3.63, 3.8) is 0 Å². The van der Waals surface area contributed by atoms with E-state index in [0.29, 0.717) is 0 Å². The van der Waals surface area contributed by atoms with Crippen LogP contribution >= 0.6 is 23.2 Å². The maximum atomic E-state index is 12.6. The molecule has 0 bridgehead atoms. The fraction of sp³-hybridized carbons (Fsp3) is 1.00. The number of hydrogen-bond acceptors (Lipinski definition) is 1. The smallest absolute Gasteiger partial charge is 0.301 e. The minimum atomic E-state index is -4.23. The molecule has 1 aliphatic carbocycles. The fourth-order valence-electron chi connectivity index (χ4n) is 2.74. The van der Waals surface area contributed by atoms with Crippen molar-refractivity contribution in [2.45, 2.75) is 54.7 Å². The van der Waals surface area contributed by atoms with E-state index in [1.54, 1.807) is 0 Å². The van der Waals surface area contributed by atoms with Gasteiger partial charge in [-0.25, -0.2) is 0 Å². The third-order valence-corrected chi connectivity index (χ3v) is 4.57. The molecule has 94 valence electrons. The summed E-state index contributed by atoms with van der Waals surface area (Å²) in [6.45, 7) is 0. The van der Waals surface area contributed by atoms with Gasteiger partial charge in [0.2, 0.25) is 0 Å². The van der Waals surface area contributed by atoms with Crippen molar-refractivity contribution in [1.29, 1.82) is 0 Å². The molecule has 0 spiro atoms. The maximum absolute atomic E-state index is 12.6. The van der Waals surface area contributed by atoms with Crippen molar-refractivity contribution < 1.29 is 13.2 Å². The summed E-state index contributed by atoms with van der Waals surface area (Å²) in [5, 5.41) is 1.99. The summed E-state index contributed by atoms with van der Waals surface area (Å²) < 4.78 is 37.9. The van der Waals surface area contributed by atoms with Crippen LogP contribution in [0.1, 0.15) is 25.7 Å². The molecule has 0 radical (unpaired) electrons. The monoisotopic (exact) mass is 275 g/mol. The SMILES string of the molecule is FC(F)(F)C1CC(Cl)C2CCCC(Cl)C2N1. The first kappa shape index (κ1) is 12.8. The van der Waals surface area contributed by atoms with Gasteiger partial charge in [-0.3, -0.25) is 0 Å². The van der Waals surface area contributed by atoms with Crippen molar-refractivity contribution in [3.05, 3.63) is 0 Å². The lowest BCUT2D eigenvalue weighted by Crippen LogP contribution is -2.61. The molecule has 0 amide bonds. The summed E-state index contributed by atoms with van der Waals surface area (Å²) >= 11 is 12.1. The molecule has 5 atom stereocenters. The summed E-state index contributed by atoms with van der Waals surface area (Å²) in [6.07, 6.45) is -1.68. The minimum Gasteiger partial charge on any atom is -0.301 e. The van der Waals surface area contributed by atoms with Crippen LogP contribution in [-0.2, 0) is 0 Å². The first-order valence-electron chi connectivity index (χ1n) is 5.50. The number of fused-ring (bicyclic) bond motifs is 1. The van der Waals surface area contributed by atoms with Gasteiger partial charge in [-0.2, -0.15) is 13.2 Å². The lowest BCUT2D eigenvalue weighted by Gasteiger charge is -2.45. The van der Waals surface area contributed by atoms with Crippen LogP contribution in [0.2, 0.25) is 0 Å². The molecule has 2 aliphatic rings. The highest BCUT2D eigenvalue weighted by Crippen LogP contribution is 2.40. The second-order valence-corrected chi connectivity index (χ2v) is 5.77. The van der Waals surface area contributed by atoms with Gasteiger partial charge in [-0.15, -0.1) is 23.2 Å². The zero-order chi connectivity index (χ0) is 11.9. The highest BCUT2D eigenvalue weighted by atomic mass is 35.5. The Balaban J connectivity index is 2.11. The van der Waals surface area contributed by atoms with Crippen LogP contribution in [0.5, 0.6) is 0 Å². The fourth-order valence-corrected chi connectivity index (χ4v) is 3.61. The first-order valence-corrected chi connectivity index (χ1v) is 6.38. The van der Waals surface area contributed by atoms with Gasteiger partial charge >= 0.3 is 6.18 Å². The number of alkyl halides is 5. The van der Waals surface area contributed by atoms with Gasteiger partial charge in [0, 0.05) is 16.8 Å². The molecule has 6 heteroatoms. The van der Waals surface area contributed by atoms with Gasteiger partial charge in [0.25, 0.3) is 0 Å². The van der Waals surface area contributed by atoms with E-state index in [1.807, 2.05) is 0 Å². The molecule has 2 rings (SSSR count). The summed E-state index contributed by atoms with van der Waals surface area (Å²) in [5.74, 6) is 0.0801. The molecule has 5 unspecified atom stereocenters. The van der Waals surface area contributed by atoms with Crippen LogP contribution < -0.4 is 5.32 Å². The molecule has 16 heavy (non-hydrogen) atoms. The van der Waals surface area contributed by atoms with Gasteiger partial charge in [-0.1, -0.05) is 6.42 Å². The van der Waals surface area contributed by atoms with E-state index in [0.717, 1.165) is 19.3 Å². The van der Waals surface area contributed by atoms with Crippen molar-refractivity contribution in [2.24, 2.45) is 5.92 Å². The van der Waals surface area contributed by atoms with E-state index in [2.05, 4.69) is 5.32 Å². The van der Waals surface area contributed by atoms with Crippen LogP contribution in [0.25, 0.3) is 0 Å². The molecule has 1 N–H and O–H groups in total. The minimum absolute atomic E-state index is 0.0458. The molecular weight excluding hydrogens is 262 g/mol. The highest BCUT2D eigenvalue weighted by Gasteiger charge is 2.50. The Morgan fingerprint density at radius 2 is 1.75 bits per heavy atom. The molecule has 2 fully saturated rings. The van der Waals surface area contributed by atoms with Crippen LogP contribution in [0, 0.1) is 5.92 Å². The summed E-state index contributed by atoms with van der Waals surface area (Å²) in [7, 11) is 0. The molecule has 0 aromatic carbocycles. The van der Waals surface area contributed by atoms with Crippen LogP contribution in [0.3, 0.4) is 0 Å². The van der Waals surface area contributed by atoms with Crippen molar-refractivity contribution in [1.82, 2.24) is 5.32 Å². The largest absolute Gasteiger partial charge is 0.403 e.